The van der Waals surface area contributed by atoms with Crippen molar-refractivity contribution in [3.63, 3.8) is 0 Å². The van der Waals surface area contributed by atoms with Gasteiger partial charge in [0.2, 0.25) is 0 Å². The fourth-order valence-corrected chi connectivity index (χ4v) is 4.73. The summed E-state index contributed by atoms with van der Waals surface area (Å²) in [5, 5.41) is 2.42. The highest BCUT2D eigenvalue weighted by Crippen LogP contribution is 2.31. The number of carbonyl (C=O) groups excluding carboxylic acids is 2. The highest BCUT2D eigenvalue weighted by Gasteiger charge is 2.26. The van der Waals surface area contributed by atoms with Crippen molar-refractivity contribution in [3.8, 4) is 0 Å². The molecule has 0 N–H and O–H groups in total. The van der Waals surface area contributed by atoms with E-state index in [9.17, 15) is 9.59 Å². The number of nitrogens with zero attached hydrogens (tertiary/aromatic N) is 2. The minimum Gasteiger partial charge on any atom is -0.462 e. The van der Waals surface area contributed by atoms with Gasteiger partial charge in [-0.2, -0.15) is 0 Å². The molecule has 0 radical (unpaired) electrons. The van der Waals surface area contributed by atoms with Gasteiger partial charge in [-0.15, -0.1) is 11.3 Å². The number of esters is 1. The van der Waals surface area contributed by atoms with Gasteiger partial charge in [-0.25, -0.2) is 9.78 Å². The highest BCUT2D eigenvalue weighted by molar-refractivity contribution is 9.10. The molecule has 0 fully saturated rings. The topological polar surface area (TPSA) is 59.5 Å². The maximum atomic E-state index is 13.0. The number of rotatable bonds is 8. The molecule has 2 heterocycles. The van der Waals surface area contributed by atoms with Gasteiger partial charge in [-0.3, -0.25) is 9.69 Å². The van der Waals surface area contributed by atoms with Crippen molar-refractivity contribution in [2.45, 2.75) is 40.0 Å². The van der Waals surface area contributed by atoms with Crippen molar-refractivity contribution in [2.24, 2.45) is 0 Å². The summed E-state index contributed by atoms with van der Waals surface area (Å²) in [5.74, 6) is -0.482. The van der Waals surface area contributed by atoms with Gasteiger partial charge in [-0.1, -0.05) is 31.1 Å². The van der Waals surface area contributed by atoms with E-state index in [2.05, 4.69) is 27.8 Å². The van der Waals surface area contributed by atoms with Crippen molar-refractivity contribution in [1.82, 2.24) is 4.98 Å². The summed E-state index contributed by atoms with van der Waals surface area (Å²) in [6.45, 7) is 6.54. The average molecular weight is 445 g/mol. The van der Waals surface area contributed by atoms with E-state index in [4.69, 9.17) is 4.74 Å². The van der Waals surface area contributed by atoms with Crippen LogP contribution in [0.1, 0.15) is 58.1 Å². The monoisotopic (exact) mass is 444 g/mol. The molecule has 2 rings (SSSR count). The number of hydrogen-bond donors (Lipinski definition) is 0. The van der Waals surface area contributed by atoms with Crippen LogP contribution in [0.25, 0.3) is 0 Å². The molecule has 0 aliphatic heterocycles. The van der Waals surface area contributed by atoms with Crippen LogP contribution in [0.4, 0.5) is 5.13 Å². The van der Waals surface area contributed by atoms with Crippen LogP contribution in [-0.2, 0) is 4.74 Å². The number of hydrogen-bond acceptors (Lipinski definition) is 6. The molecule has 0 saturated carbocycles. The zero-order valence-electron chi connectivity index (χ0n) is 14.5. The summed E-state index contributed by atoms with van der Waals surface area (Å²) in [5.41, 5.74) is 0.594. The van der Waals surface area contributed by atoms with Crippen molar-refractivity contribution < 1.29 is 14.3 Å². The van der Waals surface area contributed by atoms with E-state index in [0.717, 1.165) is 23.7 Å². The first kappa shape index (κ1) is 20.1. The van der Waals surface area contributed by atoms with E-state index in [0.29, 0.717) is 33.7 Å². The van der Waals surface area contributed by atoms with Crippen LogP contribution in [0.2, 0.25) is 0 Å². The number of unbranched alkanes of at least 4 members (excludes halogenated alkanes) is 2. The number of carbonyl (C=O) groups is 2. The lowest BCUT2D eigenvalue weighted by molar-refractivity contribution is 0.0531. The first-order chi connectivity index (χ1) is 12.0. The standard InChI is InChI=1S/C17H21BrN2O3S2/c1-4-6-7-9-20(15(21)14-12(18)8-10-24-14)17-19-11(3)13(25-17)16(22)23-5-2/h8,10H,4-7,9H2,1-3H3. The molecule has 136 valence electrons. The molecule has 25 heavy (non-hydrogen) atoms. The third-order valence-electron chi connectivity index (χ3n) is 3.52. The first-order valence-corrected chi connectivity index (χ1v) is 10.7. The SMILES string of the molecule is CCCCCN(C(=O)c1sccc1Br)c1nc(C)c(C(=O)OCC)s1. The molecular weight excluding hydrogens is 424 g/mol. The van der Waals surface area contributed by atoms with Crippen LogP contribution in [0.15, 0.2) is 15.9 Å². The van der Waals surface area contributed by atoms with Gasteiger partial charge in [0.05, 0.1) is 12.3 Å². The van der Waals surface area contributed by atoms with E-state index >= 15 is 0 Å². The Balaban J connectivity index is 2.32. The van der Waals surface area contributed by atoms with E-state index in [1.165, 1.54) is 22.7 Å². The number of amides is 1. The summed E-state index contributed by atoms with van der Waals surface area (Å²) in [6.07, 6.45) is 2.98. The van der Waals surface area contributed by atoms with Crippen molar-refractivity contribution in [2.75, 3.05) is 18.1 Å². The lowest BCUT2D eigenvalue weighted by Crippen LogP contribution is -2.31. The largest absolute Gasteiger partial charge is 0.462 e. The second-order valence-electron chi connectivity index (χ2n) is 5.39. The molecule has 0 aliphatic carbocycles. The number of halogens is 1. The van der Waals surface area contributed by atoms with Gasteiger partial charge in [0.15, 0.2) is 5.13 Å². The van der Waals surface area contributed by atoms with Crippen LogP contribution in [0.3, 0.4) is 0 Å². The molecule has 0 unspecified atom stereocenters. The Morgan fingerprint density at radius 1 is 1.28 bits per heavy atom. The third kappa shape index (κ3) is 4.89. The molecule has 0 aromatic carbocycles. The molecule has 1 amide bonds. The molecular formula is C17H21BrN2O3S2. The fraction of sp³-hybridized carbons (Fsp3) is 0.471. The smallest absolute Gasteiger partial charge is 0.350 e. The Morgan fingerprint density at radius 3 is 2.64 bits per heavy atom. The van der Waals surface area contributed by atoms with E-state index < -0.39 is 0 Å². The Morgan fingerprint density at radius 2 is 2.04 bits per heavy atom. The van der Waals surface area contributed by atoms with Crippen LogP contribution in [0, 0.1) is 6.92 Å². The zero-order valence-corrected chi connectivity index (χ0v) is 17.7. The molecule has 2 aromatic heterocycles. The Kier molecular flexibility index (Phi) is 7.58. The lowest BCUT2D eigenvalue weighted by atomic mass is 10.2. The average Bonchev–Trinajstić information content (AvgIpc) is 3.17. The molecule has 0 saturated heterocycles. The Labute approximate surface area is 164 Å². The summed E-state index contributed by atoms with van der Waals surface area (Å²) >= 11 is 6.03. The lowest BCUT2D eigenvalue weighted by Gasteiger charge is -2.19. The molecule has 0 atom stereocenters. The number of aryl methyl sites for hydroxylation is 1. The molecule has 0 bridgehead atoms. The molecule has 8 heteroatoms. The van der Waals surface area contributed by atoms with Crippen LogP contribution in [-0.4, -0.2) is 30.0 Å². The summed E-state index contributed by atoms with van der Waals surface area (Å²) in [4.78, 5) is 32.3. The number of aromatic nitrogens is 1. The number of thiazole rings is 1. The zero-order chi connectivity index (χ0) is 18.4. The van der Waals surface area contributed by atoms with Gasteiger partial charge in [0, 0.05) is 11.0 Å². The maximum Gasteiger partial charge on any atom is 0.350 e. The molecule has 0 spiro atoms. The molecule has 5 nitrogen and oxygen atoms in total. The summed E-state index contributed by atoms with van der Waals surface area (Å²) in [7, 11) is 0. The van der Waals surface area contributed by atoms with Gasteiger partial charge < -0.3 is 4.74 Å². The van der Waals surface area contributed by atoms with Crippen LogP contribution >= 0.6 is 38.6 Å². The first-order valence-electron chi connectivity index (χ1n) is 8.18. The molecule has 0 aliphatic rings. The van der Waals surface area contributed by atoms with Gasteiger partial charge in [-0.05, 0) is 47.6 Å². The minimum atomic E-state index is -0.387. The van der Waals surface area contributed by atoms with Crippen molar-refractivity contribution >= 4 is 55.6 Å². The molecule has 2 aromatic rings. The van der Waals surface area contributed by atoms with E-state index in [1.807, 2.05) is 11.4 Å². The van der Waals surface area contributed by atoms with Gasteiger partial charge >= 0.3 is 5.97 Å². The fourth-order valence-electron chi connectivity index (χ4n) is 2.26. The number of ether oxygens (including phenoxy) is 1. The van der Waals surface area contributed by atoms with Crippen LogP contribution < -0.4 is 4.90 Å². The van der Waals surface area contributed by atoms with E-state index in [1.54, 1.807) is 18.7 Å². The Bertz CT molecular complexity index is 742. The quantitative estimate of drug-likeness (QED) is 0.409. The summed E-state index contributed by atoms with van der Waals surface area (Å²) < 4.78 is 5.85. The number of thiophene rings is 1. The predicted molar refractivity (Wildman–Crippen MR) is 106 cm³/mol. The van der Waals surface area contributed by atoms with Crippen LogP contribution in [0.5, 0.6) is 0 Å². The second-order valence-corrected chi connectivity index (χ2v) is 8.14. The Hall–Kier alpha value is -1.25. The van der Waals surface area contributed by atoms with E-state index in [-0.39, 0.29) is 11.9 Å². The maximum absolute atomic E-state index is 13.0. The number of anilines is 1. The highest BCUT2D eigenvalue weighted by atomic mass is 79.9. The normalized spacial score (nSPS) is 10.7. The second kappa shape index (κ2) is 9.45. The third-order valence-corrected chi connectivity index (χ3v) is 6.51. The minimum absolute atomic E-state index is 0.0952. The van der Waals surface area contributed by atoms with Gasteiger partial charge in [0.25, 0.3) is 5.91 Å². The summed E-state index contributed by atoms with van der Waals surface area (Å²) in [6, 6.07) is 1.86. The predicted octanol–water partition coefficient (Wildman–Crippen LogP) is 5.29. The van der Waals surface area contributed by atoms with Crippen molar-refractivity contribution in [3.05, 3.63) is 31.4 Å². The van der Waals surface area contributed by atoms with Gasteiger partial charge in [0.1, 0.15) is 9.75 Å². The van der Waals surface area contributed by atoms with Crippen molar-refractivity contribution in [1.29, 1.82) is 0 Å².